The van der Waals surface area contributed by atoms with E-state index in [0.717, 1.165) is 12.8 Å². The highest BCUT2D eigenvalue weighted by Crippen LogP contribution is 2.33. The third-order valence-electron chi connectivity index (χ3n) is 3.82. The summed E-state index contributed by atoms with van der Waals surface area (Å²) in [6.07, 6.45) is 1.92. The summed E-state index contributed by atoms with van der Waals surface area (Å²) in [7, 11) is -3.50. The first-order valence-corrected chi connectivity index (χ1v) is 8.52. The Morgan fingerprint density at radius 2 is 1.95 bits per heavy atom. The molecule has 0 aromatic heterocycles. The molecule has 1 aliphatic carbocycles. The number of carbonyl (C=O) groups is 1. The Balaban J connectivity index is 1.76. The standard InChI is InChI=1S/C14H18N2O4S/c17-14(18)7-10-8-16(9-10)12-3-1-2-4-13(12)21(19,20)15-11-5-6-11/h1-4,10-11,15H,5-9H2,(H,17,18). The molecule has 1 aromatic carbocycles. The number of nitrogens with zero attached hydrogens (tertiary/aromatic N) is 1. The van der Waals surface area contributed by atoms with Crippen molar-refractivity contribution in [3.8, 4) is 0 Å². The number of rotatable bonds is 6. The molecule has 0 amide bonds. The Morgan fingerprint density at radius 3 is 2.57 bits per heavy atom. The van der Waals surface area contributed by atoms with Gasteiger partial charge in [-0.1, -0.05) is 12.1 Å². The van der Waals surface area contributed by atoms with Crippen molar-refractivity contribution >= 4 is 21.7 Å². The number of sulfonamides is 1. The molecule has 114 valence electrons. The van der Waals surface area contributed by atoms with E-state index in [1.807, 2.05) is 4.90 Å². The fraction of sp³-hybridized carbons (Fsp3) is 0.500. The first-order valence-electron chi connectivity index (χ1n) is 7.04. The first kappa shape index (κ1) is 14.3. The fourth-order valence-electron chi connectivity index (χ4n) is 2.57. The lowest BCUT2D eigenvalue weighted by Gasteiger charge is -2.41. The van der Waals surface area contributed by atoms with Crippen molar-refractivity contribution < 1.29 is 18.3 Å². The van der Waals surface area contributed by atoms with E-state index in [1.165, 1.54) is 0 Å². The number of hydrogen-bond acceptors (Lipinski definition) is 4. The van der Waals surface area contributed by atoms with Gasteiger partial charge in [0.2, 0.25) is 10.0 Å². The van der Waals surface area contributed by atoms with Crippen LogP contribution in [0.4, 0.5) is 5.69 Å². The molecule has 7 heteroatoms. The van der Waals surface area contributed by atoms with Gasteiger partial charge < -0.3 is 10.0 Å². The third-order valence-corrected chi connectivity index (χ3v) is 5.38. The van der Waals surface area contributed by atoms with Gasteiger partial charge in [-0.2, -0.15) is 0 Å². The number of benzene rings is 1. The van der Waals surface area contributed by atoms with Gasteiger partial charge in [-0.3, -0.25) is 4.79 Å². The van der Waals surface area contributed by atoms with Gasteiger partial charge in [0.15, 0.2) is 0 Å². The molecule has 1 aromatic rings. The smallest absolute Gasteiger partial charge is 0.303 e. The molecule has 0 radical (unpaired) electrons. The SMILES string of the molecule is O=C(O)CC1CN(c2ccccc2S(=O)(=O)NC2CC2)C1. The number of carboxylic acids is 1. The molecule has 2 aliphatic rings. The molecule has 2 N–H and O–H groups in total. The Bertz CT molecular complexity index is 649. The molecule has 1 saturated heterocycles. The van der Waals surface area contributed by atoms with E-state index in [1.54, 1.807) is 24.3 Å². The van der Waals surface area contributed by atoms with Crippen LogP contribution < -0.4 is 9.62 Å². The van der Waals surface area contributed by atoms with Gasteiger partial charge >= 0.3 is 5.97 Å². The van der Waals surface area contributed by atoms with Gasteiger partial charge in [0.1, 0.15) is 4.90 Å². The van der Waals surface area contributed by atoms with Gasteiger partial charge in [0, 0.05) is 25.0 Å². The molecular weight excluding hydrogens is 292 g/mol. The Hall–Kier alpha value is -1.60. The van der Waals surface area contributed by atoms with Crippen molar-refractivity contribution in [2.45, 2.75) is 30.2 Å². The van der Waals surface area contributed by atoms with E-state index in [0.29, 0.717) is 18.8 Å². The Labute approximate surface area is 123 Å². The lowest BCUT2D eigenvalue weighted by atomic mass is 9.96. The maximum atomic E-state index is 12.4. The van der Waals surface area contributed by atoms with Crippen molar-refractivity contribution in [2.75, 3.05) is 18.0 Å². The zero-order valence-corrected chi connectivity index (χ0v) is 12.3. The van der Waals surface area contributed by atoms with Crippen LogP contribution in [0.3, 0.4) is 0 Å². The van der Waals surface area contributed by atoms with Gasteiger partial charge in [-0.25, -0.2) is 13.1 Å². The van der Waals surface area contributed by atoms with Gasteiger partial charge in [-0.15, -0.1) is 0 Å². The largest absolute Gasteiger partial charge is 0.481 e. The highest BCUT2D eigenvalue weighted by atomic mass is 32.2. The fourth-order valence-corrected chi connectivity index (χ4v) is 4.10. The quantitative estimate of drug-likeness (QED) is 0.820. The monoisotopic (exact) mass is 310 g/mol. The first-order chi connectivity index (χ1) is 9.95. The summed E-state index contributed by atoms with van der Waals surface area (Å²) in [4.78, 5) is 12.9. The molecule has 3 rings (SSSR count). The second-order valence-electron chi connectivity index (χ2n) is 5.73. The summed E-state index contributed by atoms with van der Waals surface area (Å²) >= 11 is 0. The zero-order chi connectivity index (χ0) is 15.0. The minimum atomic E-state index is -3.50. The maximum Gasteiger partial charge on any atom is 0.303 e. The molecule has 0 unspecified atom stereocenters. The minimum absolute atomic E-state index is 0.0687. The summed E-state index contributed by atoms with van der Waals surface area (Å²) in [6.45, 7) is 1.17. The molecule has 0 atom stereocenters. The number of anilines is 1. The Kier molecular flexibility index (Phi) is 3.62. The van der Waals surface area contributed by atoms with E-state index in [4.69, 9.17) is 5.11 Å². The second-order valence-corrected chi connectivity index (χ2v) is 7.41. The van der Waals surface area contributed by atoms with Crippen molar-refractivity contribution in [1.29, 1.82) is 0 Å². The average Bonchev–Trinajstić information content (AvgIpc) is 3.16. The zero-order valence-electron chi connectivity index (χ0n) is 11.5. The number of nitrogens with one attached hydrogen (secondary N) is 1. The Morgan fingerprint density at radius 1 is 1.29 bits per heavy atom. The van der Waals surface area contributed by atoms with E-state index in [-0.39, 0.29) is 23.3 Å². The molecule has 1 aliphatic heterocycles. The topological polar surface area (TPSA) is 86.7 Å². The molecular formula is C14H18N2O4S. The molecule has 1 heterocycles. The van der Waals surface area contributed by atoms with Crippen LogP contribution in [-0.2, 0) is 14.8 Å². The van der Waals surface area contributed by atoms with E-state index < -0.39 is 16.0 Å². The summed E-state index contributed by atoms with van der Waals surface area (Å²) < 4.78 is 27.4. The minimum Gasteiger partial charge on any atom is -0.481 e. The van der Waals surface area contributed by atoms with Gasteiger partial charge in [0.05, 0.1) is 12.1 Å². The van der Waals surface area contributed by atoms with E-state index in [2.05, 4.69) is 4.72 Å². The van der Waals surface area contributed by atoms with Crippen LogP contribution in [0.15, 0.2) is 29.2 Å². The maximum absolute atomic E-state index is 12.4. The van der Waals surface area contributed by atoms with Crippen LogP contribution in [0.1, 0.15) is 19.3 Å². The number of carboxylic acid groups (broad SMARTS) is 1. The second kappa shape index (κ2) is 5.31. The summed E-state index contributed by atoms with van der Waals surface area (Å²) in [5.74, 6) is -0.717. The van der Waals surface area contributed by atoms with Gasteiger partial charge in [0.25, 0.3) is 0 Å². The number of hydrogen-bond donors (Lipinski definition) is 2. The van der Waals surface area contributed by atoms with Crippen LogP contribution in [-0.4, -0.2) is 38.6 Å². The summed E-state index contributed by atoms with van der Waals surface area (Å²) in [5.41, 5.74) is 0.660. The predicted molar refractivity (Wildman–Crippen MR) is 77.7 cm³/mol. The van der Waals surface area contributed by atoms with Crippen molar-refractivity contribution in [3.63, 3.8) is 0 Å². The number of para-hydroxylation sites is 1. The summed E-state index contributed by atoms with van der Waals surface area (Å²) in [5, 5.41) is 8.77. The van der Waals surface area contributed by atoms with Crippen LogP contribution >= 0.6 is 0 Å². The molecule has 0 spiro atoms. The molecule has 6 nitrogen and oxygen atoms in total. The van der Waals surface area contributed by atoms with Crippen LogP contribution in [0.25, 0.3) is 0 Å². The molecule has 21 heavy (non-hydrogen) atoms. The molecule has 2 fully saturated rings. The summed E-state index contributed by atoms with van der Waals surface area (Å²) in [6, 6.07) is 6.96. The van der Waals surface area contributed by atoms with Gasteiger partial charge in [-0.05, 0) is 25.0 Å². The third kappa shape index (κ3) is 3.19. The molecule has 1 saturated carbocycles. The van der Waals surface area contributed by atoms with Crippen molar-refractivity contribution in [3.05, 3.63) is 24.3 Å². The highest BCUT2D eigenvalue weighted by Gasteiger charge is 2.34. The van der Waals surface area contributed by atoms with E-state index >= 15 is 0 Å². The predicted octanol–water partition coefficient (Wildman–Crippen LogP) is 1.04. The van der Waals surface area contributed by atoms with Crippen molar-refractivity contribution in [2.24, 2.45) is 5.92 Å². The average molecular weight is 310 g/mol. The number of aliphatic carboxylic acids is 1. The van der Waals surface area contributed by atoms with Crippen LogP contribution in [0.2, 0.25) is 0 Å². The normalized spacial score (nSPS) is 19.3. The van der Waals surface area contributed by atoms with Crippen molar-refractivity contribution in [1.82, 2.24) is 4.72 Å². The molecule has 0 bridgehead atoms. The highest BCUT2D eigenvalue weighted by molar-refractivity contribution is 7.89. The van der Waals surface area contributed by atoms with Crippen LogP contribution in [0, 0.1) is 5.92 Å². The lowest BCUT2D eigenvalue weighted by Crippen LogP contribution is -2.48. The lowest BCUT2D eigenvalue weighted by molar-refractivity contribution is -0.138. The van der Waals surface area contributed by atoms with Crippen LogP contribution in [0.5, 0.6) is 0 Å². The van der Waals surface area contributed by atoms with E-state index in [9.17, 15) is 13.2 Å².